The van der Waals surface area contributed by atoms with Gasteiger partial charge in [-0.2, -0.15) is 9.61 Å². The normalized spacial score (nSPS) is 28.9. The molecule has 0 N–H and O–H groups in total. The number of hydrogen-bond acceptors (Lipinski definition) is 6. The van der Waals surface area contributed by atoms with E-state index >= 15 is 0 Å². The molecule has 7 nitrogen and oxygen atoms in total. The standard InChI is InChI=1S/C20H21N5O2/c1-26-13-4-2-12(3-5-13)16-8-17(20-22-21-11-25(20)23-16)24-9-14-15(10-24)19-7-6-18(14)27-19/h2-5,8,11,14-15,18-19H,6-7,9-10H2,1H3/t14-,15+,18+,19-. The SMILES string of the molecule is COc1ccc(-c2cc(N3C[C@@H]4[C@H](C3)[C@H]3CC[C@@H]4O3)c3nncn3n2)cc1. The average molecular weight is 363 g/mol. The summed E-state index contributed by atoms with van der Waals surface area (Å²) in [6.45, 7) is 2.06. The van der Waals surface area contributed by atoms with Gasteiger partial charge in [0.25, 0.3) is 0 Å². The maximum absolute atomic E-state index is 6.13. The molecule has 2 bridgehead atoms. The van der Waals surface area contributed by atoms with Crippen LogP contribution in [0.25, 0.3) is 16.9 Å². The number of fused-ring (bicyclic) bond motifs is 6. The van der Waals surface area contributed by atoms with Crippen molar-refractivity contribution in [2.24, 2.45) is 11.8 Å². The molecule has 5 heterocycles. The number of benzene rings is 1. The van der Waals surface area contributed by atoms with Gasteiger partial charge in [-0.05, 0) is 43.2 Å². The Kier molecular flexibility index (Phi) is 3.23. The van der Waals surface area contributed by atoms with Gasteiger partial charge in [-0.1, -0.05) is 0 Å². The van der Waals surface area contributed by atoms with E-state index < -0.39 is 0 Å². The topological polar surface area (TPSA) is 64.8 Å². The first kappa shape index (κ1) is 15.4. The molecule has 0 amide bonds. The molecule has 1 aromatic carbocycles. The molecule has 3 saturated heterocycles. The maximum Gasteiger partial charge on any atom is 0.200 e. The minimum Gasteiger partial charge on any atom is -0.497 e. The zero-order valence-corrected chi connectivity index (χ0v) is 15.2. The van der Waals surface area contributed by atoms with Gasteiger partial charge in [-0.15, -0.1) is 10.2 Å². The monoisotopic (exact) mass is 363 g/mol. The molecule has 6 rings (SSSR count). The van der Waals surface area contributed by atoms with E-state index in [2.05, 4.69) is 21.2 Å². The Morgan fingerprint density at radius 3 is 2.52 bits per heavy atom. The van der Waals surface area contributed by atoms with Gasteiger partial charge in [0.2, 0.25) is 5.65 Å². The molecule has 2 aromatic heterocycles. The van der Waals surface area contributed by atoms with Crippen LogP contribution < -0.4 is 9.64 Å². The lowest BCUT2D eigenvalue weighted by molar-refractivity contribution is 0.0850. The van der Waals surface area contributed by atoms with Crippen LogP contribution in [0.15, 0.2) is 36.7 Å². The molecule has 0 radical (unpaired) electrons. The van der Waals surface area contributed by atoms with E-state index in [1.54, 1.807) is 18.0 Å². The van der Waals surface area contributed by atoms with Crippen LogP contribution in [0.5, 0.6) is 5.75 Å². The Bertz CT molecular complexity index is 983. The van der Waals surface area contributed by atoms with Gasteiger partial charge in [-0.25, -0.2) is 0 Å². The number of rotatable bonds is 3. The Morgan fingerprint density at radius 2 is 1.81 bits per heavy atom. The largest absolute Gasteiger partial charge is 0.497 e. The second kappa shape index (κ2) is 5.66. The van der Waals surface area contributed by atoms with E-state index in [0.717, 1.165) is 41.4 Å². The van der Waals surface area contributed by atoms with Crippen LogP contribution in [-0.4, -0.2) is 52.2 Å². The molecule has 3 aromatic rings. The van der Waals surface area contributed by atoms with Crippen molar-refractivity contribution >= 4 is 11.3 Å². The van der Waals surface area contributed by atoms with Gasteiger partial charge in [0.05, 0.1) is 30.7 Å². The summed E-state index contributed by atoms with van der Waals surface area (Å²) in [5.41, 5.74) is 3.90. The fraction of sp³-hybridized carbons (Fsp3) is 0.450. The zero-order chi connectivity index (χ0) is 18.0. The van der Waals surface area contributed by atoms with Crippen molar-refractivity contribution in [1.29, 1.82) is 0 Å². The molecular weight excluding hydrogens is 342 g/mol. The molecule has 0 unspecified atom stereocenters. The second-order valence-electron chi connectivity index (χ2n) is 7.77. The molecule has 3 aliphatic heterocycles. The van der Waals surface area contributed by atoms with Crippen molar-refractivity contribution in [3.63, 3.8) is 0 Å². The molecule has 4 atom stereocenters. The molecular formula is C20H21N5O2. The van der Waals surface area contributed by atoms with Crippen molar-refractivity contribution < 1.29 is 9.47 Å². The van der Waals surface area contributed by atoms with E-state index in [0.29, 0.717) is 24.0 Å². The smallest absolute Gasteiger partial charge is 0.200 e. The van der Waals surface area contributed by atoms with Crippen LogP contribution in [0, 0.1) is 11.8 Å². The molecule has 138 valence electrons. The summed E-state index contributed by atoms with van der Waals surface area (Å²) >= 11 is 0. The maximum atomic E-state index is 6.13. The number of hydrogen-bond donors (Lipinski definition) is 0. The van der Waals surface area contributed by atoms with Crippen molar-refractivity contribution in [1.82, 2.24) is 19.8 Å². The highest BCUT2D eigenvalue weighted by Gasteiger charge is 2.53. The number of ether oxygens (including phenoxy) is 2. The van der Waals surface area contributed by atoms with E-state index in [-0.39, 0.29) is 0 Å². The van der Waals surface area contributed by atoms with Crippen molar-refractivity contribution in [2.45, 2.75) is 25.0 Å². The van der Waals surface area contributed by atoms with Crippen molar-refractivity contribution in [3.8, 4) is 17.0 Å². The number of aromatic nitrogens is 4. The Hall–Kier alpha value is -2.67. The lowest BCUT2D eigenvalue weighted by atomic mass is 9.82. The van der Waals surface area contributed by atoms with Crippen LogP contribution in [0.1, 0.15) is 12.8 Å². The predicted molar refractivity (Wildman–Crippen MR) is 99.9 cm³/mol. The van der Waals surface area contributed by atoms with Crippen molar-refractivity contribution in [3.05, 3.63) is 36.7 Å². The van der Waals surface area contributed by atoms with Crippen LogP contribution in [0.4, 0.5) is 5.69 Å². The minimum atomic E-state index is 0.446. The van der Waals surface area contributed by atoms with E-state index in [1.807, 2.05) is 24.3 Å². The van der Waals surface area contributed by atoms with Gasteiger partial charge in [0.1, 0.15) is 12.1 Å². The molecule has 3 aliphatic rings. The summed E-state index contributed by atoms with van der Waals surface area (Å²) in [6.07, 6.45) is 5.00. The van der Waals surface area contributed by atoms with Gasteiger partial charge < -0.3 is 14.4 Å². The summed E-state index contributed by atoms with van der Waals surface area (Å²) in [7, 11) is 1.68. The van der Waals surface area contributed by atoms with Gasteiger partial charge in [-0.3, -0.25) is 0 Å². The molecule has 0 saturated carbocycles. The third-order valence-corrected chi connectivity index (χ3v) is 6.43. The molecule has 27 heavy (non-hydrogen) atoms. The molecule has 0 spiro atoms. The third kappa shape index (κ3) is 2.27. The van der Waals surface area contributed by atoms with Crippen molar-refractivity contribution in [2.75, 3.05) is 25.1 Å². The summed E-state index contributed by atoms with van der Waals surface area (Å²) in [5, 5.41) is 13.1. The predicted octanol–water partition coefficient (Wildman–Crippen LogP) is 2.41. The van der Waals surface area contributed by atoms with Gasteiger partial charge in [0, 0.05) is 30.5 Å². The van der Waals surface area contributed by atoms with Crippen LogP contribution in [0.2, 0.25) is 0 Å². The third-order valence-electron chi connectivity index (χ3n) is 6.43. The number of nitrogens with zero attached hydrogens (tertiary/aromatic N) is 5. The first-order valence-corrected chi connectivity index (χ1v) is 9.56. The number of anilines is 1. The second-order valence-corrected chi connectivity index (χ2v) is 7.77. The van der Waals surface area contributed by atoms with Crippen LogP contribution in [-0.2, 0) is 4.74 Å². The summed E-state index contributed by atoms with van der Waals surface area (Å²) in [6, 6.07) is 10.1. The van der Waals surface area contributed by atoms with Gasteiger partial charge in [0.15, 0.2) is 0 Å². The highest BCUT2D eigenvalue weighted by Crippen LogP contribution is 2.48. The Morgan fingerprint density at radius 1 is 1.07 bits per heavy atom. The highest BCUT2D eigenvalue weighted by molar-refractivity contribution is 5.75. The molecule has 7 heteroatoms. The Balaban J connectivity index is 1.40. The first-order valence-electron chi connectivity index (χ1n) is 9.56. The van der Waals surface area contributed by atoms with E-state index in [4.69, 9.17) is 14.6 Å². The summed E-state index contributed by atoms with van der Waals surface area (Å²) in [5.74, 6) is 2.13. The fourth-order valence-electron chi connectivity index (χ4n) is 5.10. The quantitative estimate of drug-likeness (QED) is 0.712. The Labute approximate surface area is 156 Å². The lowest BCUT2D eigenvalue weighted by Crippen LogP contribution is -2.25. The summed E-state index contributed by atoms with van der Waals surface area (Å²) < 4.78 is 13.2. The van der Waals surface area contributed by atoms with Crippen LogP contribution >= 0.6 is 0 Å². The highest BCUT2D eigenvalue weighted by atomic mass is 16.5. The molecule has 3 fully saturated rings. The molecule has 0 aliphatic carbocycles. The average Bonchev–Trinajstić information content (AvgIpc) is 3.48. The minimum absolute atomic E-state index is 0.446. The number of methoxy groups -OCH3 is 1. The fourth-order valence-corrected chi connectivity index (χ4v) is 5.10. The van der Waals surface area contributed by atoms with Crippen LogP contribution in [0.3, 0.4) is 0 Å². The first-order chi connectivity index (χ1) is 13.3. The lowest BCUT2D eigenvalue weighted by Gasteiger charge is -2.21. The van der Waals surface area contributed by atoms with E-state index in [9.17, 15) is 0 Å². The summed E-state index contributed by atoms with van der Waals surface area (Å²) in [4.78, 5) is 2.46. The van der Waals surface area contributed by atoms with Gasteiger partial charge >= 0.3 is 0 Å². The zero-order valence-electron chi connectivity index (χ0n) is 15.2. The van der Waals surface area contributed by atoms with E-state index in [1.165, 1.54) is 12.8 Å².